The molecule has 1 aromatic rings. The Hall–Kier alpha value is -1.24. The molecule has 0 bridgehead atoms. The van der Waals surface area contributed by atoms with Gasteiger partial charge in [-0.05, 0) is 6.07 Å². The van der Waals surface area contributed by atoms with Crippen LogP contribution in [-0.2, 0) is 16.6 Å². The molecule has 1 amide bonds. The molecule has 0 fully saturated rings. The van der Waals surface area contributed by atoms with Crippen molar-refractivity contribution in [1.82, 2.24) is 9.88 Å². The topological polar surface area (TPSA) is 80.6 Å². The molecular formula is C10H12Cl2N2O4. The van der Waals surface area contributed by atoms with E-state index in [9.17, 15) is 9.59 Å². The fourth-order valence-corrected chi connectivity index (χ4v) is 1.71. The van der Waals surface area contributed by atoms with Gasteiger partial charge in [0, 0.05) is 14.2 Å². The summed E-state index contributed by atoms with van der Waals surface area (Å²) >= 11 is 11.6. The molecule has 1 rings (SSSR count). The molecular weight excluding hydrogens is 283 g/mol. The van der Waals surface area contributed by atoms with Crippen molar-refractivity contribution < 1.29 is 19.4 Å². The van der Waals surface area contributed by atoms with Crippen molar-refractivity contribution in [3.05, 3.63) is 21.9 Å². The lowest BCUT2D eigenvalue weighted by Gasteiger charge is -2.13. The highest BCUT2D eigenvalue weighted by molar-refractivity contribution is 6.41. The van der Waals surface area contributed by atoms with Gasteiger partial charge < -0.3 is 19.7 Å². The van der Waals surface area contributed by atoms with Gasteiger partial charge in [-0.2, -0.15) is 0 Å². The molecule has 0 aliphatic heterocycles. The maximum atomic E-state index is 11.9. The lowest BCUT2D eigenvalue weighted by atomic mass is 10.3. The Morgan fingerprint density at radius 1 is 1.56 bits per heavy atom. The number of carbonyl (C=O) groups excluding carboxylic acids is 1. The van der Waals surface area contributed by atoms with Crippen molar-refractivity contribution in [2.75, 3.05) is 13.7 Å². The van der Waals surface area contributed by atoms with Gasteiger partial charge in [-0.15, -0.1) is 0 Å². The Bertz CT molecular complexity index is 473. The van der Waals surface area contributed by atoms with Crippen molar-refractivity contribution in [3.63, 3.8) is 0 Å². The number of methoxy groups -OCH3 is 1. The molecule has 0 saturated heterocycles. The zero-order valence-corrected chi connectivity index (χ0v) is 11.2. The second-order valence-corrected chi connectivity index (χ2v) is 4.31. The zero-order chi connectivity index (χ0) is 13.9. The number of carboxylic acid groups (broad SMARTS) is 1. The van der Waals surface area contributed by atoms with Crippen molar-refractivity contribution in [2.45, 2.75) is 6.04 Å². The minimum Gasteiger partial charge on any atom is -0.480 e. The van der Waals surface area contributed by atoms with Gasteiger partial charge in [-0.1, -0.05) is 23.2 Å². The Morgan fingerprint density at radius 2 is 2.17 bits per heavy atom. The van der Waals surface area contributed by atoms with Crippen LogP contribution in [0.5, 0.6) is 0 Å². The van der Waals surface area contributed by atoms with E-state index in [1.54, 1.807) is 7.05 Å². The van der Waals surface area contributed by atoms with E-state index in [1.807, 2.05) is 0 Å². The predicted molar refractivity (Wildman–Crippen MR) is 66.2 cm³/mol. The van der Waals surface area contributed by atoms with Crippen LogP contribution in [0.2, 0.25) is 10.2 Å². The average molecular weight is 295 g/mol. The van der Waals surface area contributed by atoms with Gasteiger partial charge in [-0.25, -0.2) is 4.79 Å². The first kappa shape index (κ1) is 14.8. The van der Waals surface area contributed by atoms with Crippen LogP contribution >= 0.6 is 23.2 Å². The first-order chi connectivity index (χ1) is 8.38. The number of halogens is 2. The van der Waals surface area contributed by atoms with Gasteiger partial charge in [0.1, 0.15) is 10.8 Å². The summed E-state index contributed by atoms with van der Waals surface area (Å²) < 4.78 is 6.07. The minimum atomic E-state index is -1.18. The van der Waals surface area contributed by atoms with Crippen molar-refractivity contribution in [1.29, 1.82) is 0 Å². The number of nitrogens with zero attached hydrogens (tertiary/aromatic N) is 1. The smallest absolute Gasteiger partial charge is 0.328 e. The predicted octanol–water partition coefficient (Wildman–Crippen LogP) is 1.16. The number of amides is 1. The number of aromatic nitrogens is 1. The Morgan fingerprint density at radius 3 is 2.56 bits per heavy atom. The molecule has 1 unspecified atom stereocenters. The highest BCUT2D eigenvalue weighted by Gasteiger charge is 2.23. The Balaban J connectivity index is 2.87. The molecule has 100 valence electrons. The van der Waals surface area contributed by atoms with Gasteiger partial charge >= 0.3 is 5.97 Å². The summed E-state index contributed by atoms with van der Waals surface area (Å²) in [5.41, 5.74) is 0.173. The highest BCUT2D eigenvalue weighted by atomic mass is 35.5. The normalized spacial score (nSPS) is 12.2. The number of hydrogen-bond donors (Lipinski definition) is 2. The fraction of sp³-hybridized carbons (Fsp3) is 0.400. The summed E-state index contributed by atoms with van der Waals surface area (Å²) in [6.45, 7) is -0.132. The lowest BCUT2D eigenvalue weighted by Crippen LogP contribution is -2.44. The number of rotatable bonds is 5. The average Bonchev–Trinajstić information content (AvgIpc) is 2.56. The van der Waals surface area contributed by atoms with E-state index < -0.39 is 17.9 Å². The molecule has 18 heavy (non-hydrogen) atoms. The van der Waals surface area contributed by atoms with Crippen LogP contribution in [0.3, 0.4) is 0 Å². The molecule has 1 aromatic heterocycles. The van der Waals surface area contributed by atoms with Crippen molar-refractivity contribution >= 4 is 35.1 Å². The van der Waals surface area contributed by atoms with Crippen LogP contribution in [0.4, 0.5) is 0 Å². The van der Waals surface area contributed by atoms with Crippen LogP contribution in [0.25, 0.3) is 0 Å². The third kappa shape index (κ3) is 3.16. The summed E-state index contributed by atoms with van der Waals surface area (Å²) in [7, 11) is 2.90. The summed E-state index contributed by atoms with van der Waals surface area (Å²) in [6.07, 6.45) is 0. The fourth-order valence-electron chi connectivity index (χ4n) is 1.33. The minimum absolute atomic E-state index is 0.132. The van der Waals surface area contributed by atoms with Gasteiger partial charge in [0.15, 0.2) is 6.04 Å². The number of carbonyl (C=O) groups is 2. The van der Waals surface area contributed by atoms with E-state index in [4.69, 9.17) is 33.0 Å². The zero-order valence-electron chi connectivity index (χ0n) is 9.74. The largest absolute Gasteiger partial charge is 0.480 e. The third-order valence-corrected chi connectivity index (χ3v) is 3.13. The Labute approximate surface area is 113 Å². The highest BCUT2D eigenvalue weighted by Crippen LogP contribution is 2.24. The van der Waals surface area contributed by atoms with Crippen LogP contribution in [0.1, 0.15) is 10.5 Å². The molecule has 0 radical (unpaired) electrons. The molecule has 8 heteroatoms. The van der Waals surface area contributed by atoms with Crippen LogP contribution in [-0.4, -0.2) is 41.3 Å². The lowest BCUT2D eigenvalue weighted by molar-refractivity contribution is -0.140. The van der Waals surface area contributed by atoms with Gasteiger partial charge in [0.2, 0.25) is 0 Å². The molecule has 2 N–H and O–H groups in total. The van der Waals surface area contributed by atoms with Crippen LogP contribution in [0, 0.1) is 0 Å². The first-order valence-corrected chi connectivity index (χ1v) is 5.67. The maximum Gasteiger partial charge on any atom is 0.328 e. The van der Waals surface area contributed by atoms with Crippen molar-refractivity contribution in [3.8, 4) is 0 Å². The quantitative estimate of drug-likeness (QED) is 0.854. The van der Waals surface area contributed by atoms with Gasteiger partial charge in [-0.3, -0.25) is 4.79 Å². The molecule has 0 aliphatic carbocycles. The van der Waals surface area contributed by atoms with E-state index in [-0.39, 0.29) is 22.5 Å². The van der Waals surface area contributed by atoms with E-state index in [0.717, 1.165) is 0 Å². The van der Waals surface area contributed by atoms with E-state index in [1.165, 1.54) is 17.7 Å². The first-order valence-electron chi connectivity index (χ1n) is 4.91. The summed E-state index contributed by atoms with van der Waals surface area (Å²) in [4.78, 5) is 22.7. The number of aliphatic carboxylic acids is 1. The second kappa shape index (κ2) is 6.08. The number of ether oxygens (including phenoxy) is 1. The number of hydrogen-bond acceptors (Lipinski definition) is 3. The molecule has 0 aromatic carbocycles. The van der Waals surface area contributed by atoms with E-state index in [0.29, 0.717) is 0 Å². The molecule has 1 heterocycles. The van der Waals surface area contributed by atoms with E-state index in [2.05, 4.69) is 5.32 Å². The summed E-state index contributed by atoms with van der Waals surface area (Å²) in [5.74, 6) is -1.77. The number of carboxylic acids is 1. The standard InChI is InChI=1S/C10H12Cl2N2O4/c1-14-7(3-5(11)8(14)12)9(15)13-6(4-18-2)10(16)17/h3,6H,4H2,1-2H3,(H,13,15)(H,16,17). The van der Waals surface area contributed by atoms with Crippen molar-refractivity contribution in [2.24, 2.45) is 7.05 Å². The third-order valence-electron chi connectivity index (χ3n) is 2.29. The Kier molecular flexibility index (Phi) is 5.01. The van der Waals surface area contributed by atoms with E-state index >= 15 is 0 Å². The SMILES string of the molecule is COCC(NC(=O)c1cc(Cl)c(Cl)n1C)C(=O)O. The van der Waals surface area contributed by atoms with Crippen LogP contribution in [0.15, 0.2) is 6.07 Å². The second-order valence-electron chi connectivity index (χ2n) is 3.55. The molecule has 0 saturated carbocycles. The summed E-state index contributed by atoms with van der Waals surface area (Å²) in [6, 6.07) is 0.236. The maximum absolute atomic E-state index is 11.9. The number of nitrogens with one attached hydrogen (secondary N) is 1. The molecule has 6 nitrogen and oxygen atoms in total. The summed E-state index contributed by atoms with van der Waals surface area (Å²) in [5, 5.41) is 11.6. The molecule has 0 spiro atoms. The van der Waals surface area contributed by atoms with Crippen LogP contribution < -0.4 is 5.32 Å². The van der Waals surface area contributed by atoms with Gasteiger partial charge in [0.05, 0.1) is 11.6 Å². The monoisotopic (exact) mass is 294 g/mol. The molecule has 0 aliphatic rings. The molecule has 1 atom stereocenters. The van der Waals surface area contributed by atoms with Gasteiger partial charge in [0.25, 0.3) is 5.91 Å².